The van der Waals surface area contributed by atoms with Crippen molar-refractivity contribution in [1.82, 2.24) is 0 Å². The molecule has 1 amide bonds. The van der Waals surface area contributed by atoms with Crippen LogP contribution in [0.1, 0.15) is 24.8 Å². The van der Waals surface area contributed by atoms with Crippen LogP contribution in [0.3, 0.4) is 0 Å². The highest BCUT2D eigenvalue weighted by Gasteiger charge is 2.19. The van der Waals surface area contributed by atoms with Crippen molar-refractivity contribution in [1.29, 1.82) is 0 Å². The van der Waals surface area contributed by atoms with E-state index in [1.807, 2.05) is 61.5 Å². The number of carbonyl (C=O) groups excluding carboxylic acids is 1. The van der Waals surface area contributed by atoms with Crippen molar-refractivity contribution in [3.8, 4) is 5.75 Å². The van der Waals surface area contributed by atoms with E-state index in [9.17, 15) is 4.79 Å². The molecule has 3 nitrogen and oxygen atoms in total. The van der Waals surface area contributed by atoms with Gasteiger partial charge in [0.2, 0.25) is 5.91 Å². The first-order valence-corrected chi connectivity index (χ1v) is 6.75. The molecule has 0 bridgehead atoms. The third kappa shape index (κ3) is 3.18. The van der Waals surface area contributed by atoms with Crippen LogP contribution in [0.2, 0.25) is 0 Å². The van der Waals surface area contributed by atoms with Gasteiger partial charge in [0, 0.05) is 0 Å². The smallest absolute Gasteiger partial charge is 0.232 e. The summed E-state index contributed by atoms with van der Waals surface area (Å²) < 4.78 is 5.25. The zero-order valence-electron chi connectivity index (χ0n) is 11.8. The van der Waals surface area contributed by atoms with E-state index in [0.29, 0.717) is 11.4 Å². The lowest BCUT2D eigenvalue weighted by Crippen LogP contribution is -2.21. The number of carbonyl (C=O) groups is 1. The molecule has 2 aromatic rings. The summed E-state index contributed by atoms with van der Waals surface area (Å²) in [5.41, 5.74) is 1.73. The average Bonchev–Trinajstić information content (AvgIpc) is 2.49. The summed E-state index contributed by atoms with van der Waals surface area (Å²) >= 11 is 0. The minimum Gasteiger partial charge on any atom is -0.495 e. The van der Waals surface area contributed by atoms with Gasteiger partial charge in [-0.2, -0.15) is 0 Å². The molecule has 0 spiro atoms. The fourth-order valence-corrected chi connectivity index (χ4v) is 2.23. The van der Waals surface area contributed by atoms with Gasteiger partial charge in [-0.15, -0.1) is 0 Å². The van der Waals surface area contributed by atoms with Crippen LogP contribution in [-0.4, -0.2) is 13.0 Å². The SMILES string of the molecule is CC[C@H](C(=O)Nc1ccccc1OC)c1ccccc1. The van der Waals surface area contributed by atoms with Crippen molar-refractivity contribution >= 4 is 11.6 Å². The lowest BCUT2D eigenvalue weighted by molar-refractivity contribution is -0.117. The average molecular weight is 269 g/mol. The second-order valence-electron chi connectivity index (χ2n) is 4.56. The van der Waals surface area contributed by atoms with Crippen molar-refractivity contribution < 1.29 is 9.53 Å². The largest absolute Gasteiger partial charge is 0.495 e. The van der Waals surface area contributed by atoms with Gasteiger partial charge in [-0.05, 0) is 24.1 Å². The van der Waals surface area contributed by atoms with Crippen molar-refractivity contribution in [2.45, 2.75) is 19.3 Å². The molecular weight excluding hydrogens is 250 g/mol. The Morgan fingerprint density at radius 2 is 1.75 bits per heavy atom. The molecule has 0 fully saturated rings. The van der Waals surface area contributed by atoms with E-state index in [-0.39, 0.29) is 11.8 Å². The van der Waals surface area contributed by atoms with Gasteiger partial charge in [-0.1, -0.05) is 49.4 Å². The number of hydrogen-bond acceptors (Lipinski definition) is 2. The van der Waals surface area contributed by atoms with Gasteiger partial charge < -0.3 is 10.1 Å². The number of nitrogens with one attached hydrogen (secondary N) is 1. The molecule has 0 unspecified atom stereocenters. The van der Waals surface area contributed by atoms with Gasteiger partial charge in [0.05, 0.1) is 18.7 Å². The zero-order chi connectivity index (χ0) is 14.4. The van der Waals surface area contributed by atoms with E-state index in [4.69, 9.17) is 4.74 Å². The lowest BCUT2D eigenvalue weighted by atomic mass is 9.95. The van der Waals surface area contributed by atoms with Crippen LogP contribution in [0.4, 0.5) is 5.69 Å². The van der Waals surface area contributed by atoms with Crippen LogP contribution in [0, 0.1) is 0 Å². The summed E-state index contributed by atoms with van der Waals surface area (Å²) in [5.74, 6) is 0.507. The summed E-state index contributed by atoms with van der Waals surface area (Å²) in [5, 5.41) is 2.95. The predicted molar refractivity (Wildman–Crippen MR) is 81.1 cm³/mol. The van der Waals surface area contributed by atoms with Gasteiger partial charge in [0.25, 0.3) is 0 Å². The van der Waals surface area contributed by atoms with Crippen LogP contribution >= 0.6 is 0 Å². The summed E-state index contributed by atoms with van der Waals surface area (Å²) in [7, 11) is 1.60. The maximum absolute atomic E-state index is 12.4. The fraction of sp³-hybridized carbons (Fsp3) is 0.235. The van der Waals surface area contributed by atoms with E-state index in [2.05, 4.69) is 5.32 Å². The first kappa shape index (κ1) is 14.1. The van der Waals surface area contributed by atoms with E-state index >= 15 is 0 Å². The number of benzene rings is 2. The molecule has 104 valence electrons. The van der Waals surface area contributed by atoms with Crippen molar-refractivity contribution in [2.75, 3.05) is 12.4 Å². The molecule has 0 aliphatic heterocycles. The van der Waals surface area contributed by atoms with Crippen LogP contribution < -0.4 is 10.1 Å². The molecule has 1 N–H and O–H groups in total. The zero-order valence-corrected chi connectivity index (χ0v) is 11.8. The normalized spacial score (nSPS) is 11.7. The number of methoxy groups -OCH3 is 1. The van der Waals surface area contributed by atoms with Crippen LogP contribution in [0.5, 0.6) is 5.75 Å². The molecule has 1 atom stereocenters. The molecule has 0 saturated heterocycles. The number of hydrogen-bond donors (Lipinski definition) is 1. The Balaban J connectivity index is 2.18. The lowest BCUT2D eigenvalue weighted by Gasteiger charge is -2.16. The quantitative estimate of drug-likeness (QED) is 0.896. The van der Waals surface area contributed by atoms with E-state index in [0.717, 1.165) is 12.0 Å². The minimum atomic E-state index is -0.152. The standard InChI is InChI=1S/C17H19NO2/c1-3-14(13-9-5-4-6-10-13)17(19)18-15-11-7-8-12-16(15)20-2/h4-12,14H,3H2,1-2H3,(H,18,19)/t14-/m0/s1. The van der Waals surface area contributed by atoms with Gasteiger partial charge in [-0.3, -0.25) is 4.79 Å². The molecule has 0 aromatic heterocycles. The molecule has 2 aromatic carbocycles. The van der Waals surface area contributed by atoms with Crippen molar-refractivity contribution in [3.05, 3.63) is 60.2 Å². The Bertz CT molecular complexity index is 566. The first-order chi connectivity index (χ1) is 9.76. The molecule has 0 saturated carbocycles. The third-order valence-corrected chi connectivity index (χ3v) is 3.29. The summed E-state index contributed by atoms with van der Waals surface area (Å²) in [6.45, 7) is 2.01. The monoisotopic (exact) mass is 269 g/mol. The van der Waals surface area contributed by atoms with Gasteiger partial charge in [0.15, 0.2) is 0 Å². The number of anilines is 1. The molecule has 20 heavy (non-hydrogen) atoms. The number of amides is 1. The van der Waals surface area contributed by atoms with Crippen LogP contribution in [0.15, 0.2) is 54.6 Å². The Morgan fingerprint density at radius 1 is 1.10 bits per heavy atom. The number of para-hydroxylation sites is 2. The first-order valence-electron chi connectivity index (χ1n) is 6.75. The van der Waals surface area contributed by atoms with E-state index < -0.39 is 0 Å². The highest BCUT2D eigenvalue weighted by atomic mass is 16.5. The Hall–Kier alpha value is -2.29. The highest BCUT2D eigenvalue weighted by molar-refractivity contribution is 5.97. The molecule has 0 aliphatic carbocycles. The Morgan fingerprint density at radius 3 is 2.40 bits per heavy atom. The second-order valence-corrected chi connectivity index (χ2v) is 4.56. The predicted octanol–water partition coefficient (Wildman–Crippen LogP) is 3.83. The number of rotatable bonds is 5. The molecular formula is C17H19NO2. The van der Waals surface area contributed by atoms with Gasteiger partial charge in [-0.25, -0.2) is 0 Å². The molecule has 3 heteroatoms. The fourth-order valence-electron chi connectivity index (χ4n) is 2.23. The summed E-state index contributed by atoms with van der Waals surface area (Å²) in [6.07, 6.45) is 0.755. The molecule has 0 heterocycles. The highest BCUT2D eigenvalue weighted by Crippen LogP contribution is 2.26. The number of ether oxygens (including phenoxy) is 1. The molecule has 0 aliphatic rings. The molecule has 0 radical (unpaired) electrons. The van der Waals surface area contributed by atoms with Crippen molar-refractivity contribution in [2.24, 2.45) is 0 Å². The third-order valence-electron chi connectivity index (χ3n) is 3.29. The Kier molecular flexibility index (Phi) is 4.77. The minimum absolute atomic E-state index is 0.0109. The van der Waals surface area contributed by atoms with Gasteiger partial charge >= 0.3 is 0 Å². The Labute approximate surface area is 119 Å². The van der Waals surface area contributed by atoms with Crippen LogP contribution in [-0.2, 0) is 4.79 Å². The molecule has 2 rings (SSSR count). The van der Waals surface area contributed by atoms with Crippen molar-refractivity contribution in [3.63, 3.8) is 0 Å². The summed E-state index contributed by atoms with van der Waals surface area (Å²) in [4.78, 5) is 12.4. The van der Waals surface area contributed by atoms with E-state index in [1.54, 1.807) is 7.11 Å². The van der Waals surface area contributed by atoms with Crippen LogP contribution in [0.25, 0.3) is 0 Å². The topological polar surface area (TPSA) is 38.3 Å². The summed E-state index contributed by atoms with van der Waals surface area (Å²) in [6, 6.07) is 17.3. The van der Waals surface area contributed by atoms with Gasteiger partial charge in [0.1, 0.15) is 5.75 Å². The second kappa shape index (κ2) is 6.75. The maximum Gasteiger partial charge on any atom is 0.232 e. The maximum atomic E-state index is 12.4. The van der Waals surface area contributed by atoms with E-state index in [1.165, 1.54) is 0 Å².